The predicted molar refractivity (Wildman–Crippen MR) is 125 cm³/mol. The van der Waals surface area contributed by atoms with Crippen molar-refractivity contribution < 1.29 is 37.1 Å². The molecule has 4 amide bonds. The fraction of sp³-hybridized carbons (Fsp3) is 0.542. The fourth-order valence-corrected chi connectivity index (χ4v) is 4.70. The summed E-state index contributed by atoms with van der Waals surface area (Å²) in [4.78, 5) is 66.4. The molecule has 2 heterocycles. The Labute approximate surface area is 211 Å². The van der Waals surface area contributed by atoms with Gasteiger partial charge in [0.15, 0.2) is 11.6 Å². The first-order valence-corrected chi connectivity index (χ1v) is 11.8. The Morgan fingerprint density at radius 2 is 1.78 bits per heavy atom. The molecule has 0 spiro atoms. The van der Waals surface area contributed by atoms with Gasteiger partial charge in [0, 0.05) is 39.3 Å². The number of likely N-dealkylation sites (N-methyl/N-ethyl adjacent to an activating group) is 1. The normalized spacial score (nSPS) is 21.3. The van der Waals surface area contributed by atoms with Crippen molar-refractivity contribution in [1.29, 1.82) is 0 Å². The van der Waals surface area contributed by atoms with Gasteiger partial charge in [0.2, 0.25) is 23.5 Å². The van der Waals surface area contributed by atoms with Crippen LogP contribution in [0.15, 0.2) is 12.1 Å². The van der Waals surface area contributed by atoms with Crippen molar-refractivity contribution in [3.8, 4) is 0 Å². The quantitative estimate of drug-likeness (QED) is 0.422. The van der Waals surface area contributed by atoms with Crippen molar-refractivity contribution in [1.82, 2.24) is 20.4 Å². The van der Waals surface area contributed by atoms with Gasteiger partial charge in [-0.1, -0.05) is 13.8 Å². The smallest absolute Gasteiger partial charge is 0.291 e. The Kier molecular flexibility index (Phi) is 8.13. The number of Topliss-reactive ketones (excluding diaryl/α,β-unsaturated/α-hetero) is 1. The molecule has 202 valence electrons. The van der Waals surface area contributed by atoms with Crippen molar-refractivity contribution in [3.63, 3.8) is 0 Å². The molecule has 37 heavy (non-hydrogen) atoms. The number of amides is 4. The average molecular weight is 526 g/mol. The molecule has 0 bridgehead atoms. The Balaban J connectivity index is 1.80. The highest BCUT2D eigenvalue weighted by atomic mass is 19.1. The van der Waals surface area contributed by atoms with E-state index in [2.05, 4.69) is 16.0 Å². The van der Waals surface area contributed by atoms with Gasteiger partial charge >= 0.3 is 0 Å². The second-order valence-corrected chi connectivity index (χ2v) is 10.1. The van der Waals surface area contributed by atoms with E-state index >= 15 is 0 Å². The zero-order valence-corrected chi connectivity index (χ0v) is 21.0. The number of ketones is 1. The molecule has 0 radical (unpaired) electrons. The van der Waals surface area contributed by atoms with Gasteiger partial charge in [-0.15, -0.1) is 0 Å². The topological polar surface area (TPSA) is 128 Å². The van der Waals surface area contributed by atoms with Crippen LogP contribution in [0, 0.1) is 28.8 Å². The maximum absolute atomic E-state index is 14.0. The molecule has 0 aliphatic carbocycles. The van der Waals surface area contributed by atoms with Crippen LogP contribution in [-0.2, 0) is 24.0 Å². The highest BCUT2D eigenvalue weighted by Crippen LogP contribution is 2.36. The minimum Gasteiger partial charge on any atom is -0.371 e. The van der Waals surface area contributed by atoms with Crippen molar-refractivity contribution in [2.45, 2.75) is 38.8 Å². The molecule has 1 aromatic rings. The number of carbonyl (C=O) groups is 5. The van der Waals surface area contributed by atoms with E-state index in [0.717, 1.165) is 4.90 Å². The van der Waals surface area contributed by atoms with Gasteiger partial charge < -0.3 is 25.8 Å². The second kappa shape index (κ2) is 10.8. The molecule has 10 nitrogen and oxygen atoms in total. The largest absolute Gasteiger partial charge is 0.371 e. The van der Waals surface area contributed by atoms with Crippen LogP contribution in [0.1, 0.15) is 26.7 Å². The van der Waals surface area contributed by atoms with Crippen molar-refractivity contribution in [2.24, 2.45) is 11.3 Å². The Morgan fingerprint density at radius 3 is 2.32 bits per heavy atom. The molecule has 3 rings (SSSR count). The summed E-state index contributed by atoms with van der Waals surface area (Å²) in [6.07, 6.45) is 0.626. The van der Waals surface area contributed by atoms with E-state index in [1.807, 2.05) is 0 Å². The van der Waals surface area contributed by atoms with Gasteiger partial charge in [0.25, 0.3) is 5.91 Å². The van der Waals surface area contributed by atoms with Crippen molar-refractivity contribution in [3.05, 3.63) is 29.6 Å². The van der Waals surface area contributed by atoms with E-state index in [1.54, 1.807) is 13.8 Å². The lowest BCUT2D eigenvalue weighted by Crippen LogP contribution is -2.59. The Morgan fingerprint density at radius 1 is 1.16 bits per heavy atom. The number of carbonyl (C=O) groups excluding carboxylic acids is 5. The number of halogens is 3. The lowest BCUT2D eigenvalue weighted by molar-refractivity contribution is -0.147. The average Bonchev–Trinajstić information content (AvgIpc) is 3.37. The third-order valence-corrected chi connectivity index (χ3v) is 6.73. The number of nitrogens with one attached hydrogen (secondary N) is 3. The van der Waals surface area contributed by atoms with Gasteiger partial charge in [-0.2, -0.15) is 0 Å². The lowest BCUT2D eigenvalue weighted by atomic mass is 9.83. The molecule has 13 heteroatoms. The number of benzene rings is 1. The van der Waals surface area contributed by atoms with Gasteiger partial charge in [0.1, 0.15) is 23.6 Å². The van der Waals surface area contributed by atoms with Crippen LogP contribution in [-0.4, -0.2) is 85.0 Å². The molecule has 3 atom stereocenters. The highest BCUT2D eigenvalue weighted by molar-refractivity contribution is 6.38. The lowest BCUT2D eigenvalue weighted by Gasteiger charge is -2.33. The summed E-state index contributed by atoms with van der Waals surface area (Å²) in [5.74, 6) is -8.24. The molecular formula is C24H30F3N5O5. The van der Waals surface area contributed by atoms with Crippen LogP contribution in [0.3, 0.4) is 0 Å². The summed E-state index contributed by atoms with van der Waals surface area (Å²) in [6.45, 7) is 3.30. The van der Waals surface area contributed by atoms with Crippen LogP contribution in [0.5, 0.6) is 0 Å². The van der Waals surface area contributed by atoms with E-state index in [9.17, 15) is 37.1 Å². The maximum atomic E-state index is 14.0. The van der Waals surface area contributed by atoms with E-state index < -0.39 is 82.5 Å². The predicted octanol–water partition coefficient (Wildman–Crippen LogP) is 0.421. The summed E-state index contributed by atoms with van der Waals surface area (Å²) >= 11 is 0. The van der Waals surface area contributed by atoms with E-state index in [0.29, 0.717) is 18.6 Å². The minimum absolute atomic E-state index is 0.138. The molecule has 0 aromatic heterocycles. The molecule has 2 fully saturated rings. The van der Waals surface area contributed by atoms with E-state index in [1.165, 1.54) is 19.0 Å². The van der Waals surface area contributed by atoms with Crippen molar-refractivity contribution >= 4 is 35.1 Å². The van der Waals surface area contributed by atoms with E-state index in [-0.39, 0.29) is 19.5 Å². The van der Waals surface area contributed by atoms with Gasteiger partial charge in [-0.3, -0.25) is 24.0 Å². The van der Waals surface area contributed by atoms with Crippen molar-refractivity contribution in [2.75, 3.05) is 39.0 Å². The monoisotopic (exact) mass is 525 g/mol. The fourth-order valence-electron chi connectivity index (χ4n) is 4.70. The van der Waals surface area contributed by atoms with Crippen LogP contribution in [0.4, 0.5) is 18.9 Å². The number of likely N-dealkylation sites (tertiary alicyclic amines) is 1. The first-order chi connectivity index (χ1) is 17.2. The first kappa shape index (κ1) is 27.9. The number of nitrogens with zero attached hydrogens (tertiary/aromatic N) is 2. The number of anilines is 1. The summed E-state index contributed by atoms with van der Waals surface area (Å²) in [6, 6.07) is -1.59. The SMILES string of the molecule is CN(C)C(=O)C(=O)C(NC(=O)[C@H]1N(C(=O)CNc2c(F)cc(F)cc2F)CCC1(C)C)[C@@H]1CCNC1=O. The van der Waals surface area contributed by atoms with Crippen LogP contribution in [0.25, 0.3) is 0 Å². The number of hydrogen-bond acceptors (Lipinski definition) is 6. The maximum Gasteiger partial charge on any atom is 0.291 e. The molecule has 2 aliphatic heterocycles. The minimum atomic E-state index is -1.43. The highest BCUT2D eigenvalue weighted by Gasteiger charge is 2.49. The number of rotatable bonds is 8. The Bertz CT molecular complexity index is 1100. The zero-order valence-electron chi connectivity index (χ0n) is 21.0. The number of hydrogen-bond donors (Lipinski definition) is 3. The molecule has 1 unspecified atom stereocenters. The van der Waals surface area contributed by atoms with Gasteiger partial charge in [0.05, 0.1) is 12.5 Å². The summed E-state index contributed by atoms with van der Waals surface area (Å²) in [5, 5.41) is 7.42. The molecule has 1 aromatic carbocycles. The third-order valence-electron chi connectivity index (χ3n) is 6.73. The third kappa shape index (κ3) is 5.86. The molecule has 0 saturated carbocycles. The summed E-state index contributed by atoms with van der Waals surface area (Å²) in [5.41, 5.74) is -1.45. The standard InChI is InChI=1S/C24H30F3N5O5/c1-24(2)6-8-32(16(33)11-29-18-14(26)9-12(25)10-15(18)27)20(24)22(36)30-17(13-5-7-28-21(13)35)19(34)23(37)31(3)4/h9-10,13,17,20,29H,5-8,11H2,1-4H3,(H,28,35)(H,30,36)/t13-,17?,20+/m0/s1. The molecule has 2 saturated heterocycles. The zero-order chi connectivity index (χ0) is 27.7. The summed E-state index contributed by atoms with van der Waals surface area (Å²) < 4.78 is 41.1. The molecule has 3 N–H and O–H groups in total. The first-order valence-electron chi connectivity index (χ1n) is 11.8. The van der Waals surface area contributed by atoms with Gasteiger partial charge in [-0.25, -0.2) is 13.2 Å². The van der Waals surface area contributed by atoms with Crippen LogP contribution >= 0.6 is 0 Å². The van der Waals surface area contributed by atoms with Gasteiger partial charge in [-0.05, 0) is 18.3 Å². The van der Waals surface area contributed by atoms with Crippen LogP contribution < -0.4 is 16.0 Å². The molecular weight excluding hydrogens is 495 g/mol. The van der Waals surface area contributed by atoms with Crippen LogP contribution in [0.2, 0.25) is 0 Å². The summed E-state index contributed by atoms with van der Waals surface area (Å²) in [7, 11) is 2.74. The van der Waals surface area contributed by atoms with E-state index in [4.69, 9.17) is 0 Å². The Hall–Kier alpha value is -3.64. The second-order valence-electron chi connectivity index (χ2n) is 10.1. The molecule has 2 aliphatic rings.